The third-order valence-corrected chi connectivity index (χ3v) is 5.16. The third-order valence-electron chi connectivity index (χ3n) is 5.16. The molecule has 2 amide bonds. The molecule has 174 valence electrons. The molecule has 7 heteroatoms. The molecule has 1 aliphatic rings. The summed E-state index contributed by atoms with van der Waals surface area (Å²) >= 11 is 0. The van der Waals surface area contributed by atoms with Gasteiger partial charge in [0.05, 0.1) is 0 Å². The summed E-state index contributed by atoms with van der Waals surface area (Å²) in [7, 11) is 0. The lowest BCUT2D eigenvalue weighted by molar-refractivity contribution is -0.154. The van der Waals surface area contributed by atoms with E-state index >= 15 is 0 Å². The number of ether oxygens (including phenoxy) is 1. The maximum atomic E-state index is 12.9. The predicted molar refractivity (Wildman–Crippen MR) is 125 cm³/mol. The molecule has 33 heavy (non-hydrogen) atoms. The monoisotopic (exact) mass is 450 g/mol. The van der Waals surface area contributed by atoms with Crippen molar-refractivity contribution in [3.63, 3.8) is 0 Å². The standard InChI is InChI=1S/C26H30N2O5/c1-17-5-9-19(10-6-17)20-11-7-18(8-12-20)16-28-14-13-21(29)23(25(28)32)24(31)27-15-22(30)33-26(2,3)4/h5-12,29H,13-16H2,1-4H3,(H,27,31). The minimum atomic E-state index is -0.789. The number of esters is 1. The van der Waals surface area contributed by atoms with Gasteiger partial charge in [0, 0.05) is 19.5 Å². The summed E-state index contributed by atoms with van der Waals surface area (Å²) in [5.41, 5.74) is 3.27. The van der Waals surface area contributed by atoms with Crippen molar-refractivity contribution in [2.45, 2.75) is 46.3 Å². The predicted octanol–water partition coefficient (Wildman–Crippen LogP) is 3.66. The highest BCUT2D eigenvalue weighted by atomic mass is 16.6. The highest BCUT2D eigenvalue weighted by molar-refractivity contribution is 6.19. The molecule has 2 N–H and O–H groups in total. The number of carbonyl (C=O) groups is 3. The van der Waals surface area contributed by atoms with Crippen LogP contribution in [0.15, 0.2) is 59.9 Å². The van der Waals surface area contributed by atoms with Crippen molar-refractivity contribution < 1.29 is 24.2 Å². The molecule has 2 aromatic rings. The molecular formula is C26H30N2O5. The molecule has 0 radical (unpaired) electrons. The van der Waals surface area contributed by atoms with Crippen LogP contribution in [-0.4, -0.2) is 46.5 Å². The molecule has 0 unspecified atom stereocenters. The molecule has 2 aromatic carbocycles. The van der Waals surface area contributed by atoms with Crippen molar-refractivity contribution in [3.05, 3.63) is 71.0 Å². The van der Waals surface area contributed by atoms with E-state index < -0.39 is 23.4 Å². The van der Waals surface area contributed by atoms with Gasteiger partial charge in [0.15, 0.2) is 0 Å². The molecule has 0 aliphatic carbocycles. The molecule has 1 aliphatic heterocycles. The van der Waals surface area contributed by atoms with E-state index in [1.54, 1.807) is 20.8 Å². The largest absolute Gasteiger partial charge is 0.511 e. The second-order valence-corrected chi connectivity index (χ2v) is 9.13. The van der Waals surface area contributed by atoms with Crippen LogP contribution in [-0.2, 0) is 25.7 Å². The van der Waals surface area contributed by atoms with Gasteiger partial charge in [0.1, 0.15) is 23.5 Å². The summed E-state index contributed by atoms with van der Waals surface area (Å²) in [5, 5.41) is 12.6. The Hall–Kier alpha value is -3.61. The zero-order chi connectivity index (χ0) is 24.2. The number of carbonyl (C=O) groups excluding carboxylic acids is 3. The number of aryl methyl sites for hydroxylation is 1. The number of nitrogens with one attached hydrogen (secondary N) is 1. The first kappa shape index (κ1) is 24.0. The van der Waals surface area contributed by atoms with E-state index in [2.05, 4.69) is 29.6 Å². The number of nitrogens with zero attached hydrogens (tertiary/aromatic N) is 1. The Balaban J connectivity index is 1.63. The third kappa shape index (κ3) is 6.44. The van der Waals surface area contributed by atoms with Gasteiger partial charge in [-0.3, -0.25) is 14.4 Å². The molecule has 0 saturated carbocycles. The van der Waals surface area contributed by atoms with E-state index in [4.69, 9.17) is 4.74 Å². The number of hydrogen-bond donors (Lipinski definition) is 2. The number of rotatable bonds is 6. The van der Waals surface area contributed by atoms with Crippen LogP contribution in [0.3, 0.4) is 0 Å². The molecular weight excluding hydrogens is 420 g/mol. The van der Waals surface area contributed by atoms with E-state index in [0.717, 1.165) is 16.7 Å². The Morgan fingerprint density at radius 1 is 1.03 bits per heavy atom. The SMILES string of the molecule is Cc1ccc(-c2ccc(CN3CCC(O)=C(C(=O)NCC(=O)OC(C)(C)C)C3=O)cc2)cc1. The lowest BCUT2D eigenvalue weighted by atomic mass is 10.0. The highest BCUT2D eigenvalue weighted by Crippen LogP contribution is 2.23. The topological polar surface area (TPSA) is 95.9 Å². The minimum Gasteiger partial charge on any atom is -0.511 e. The fourth-order valence-electron chi connectivity index (χ4n) is 3.52. The van der Waals surface area contributed by atoms with Crippen molar-refractivity contribution in [2.24, 2.45) is 0 Å². The van der Waals surface area contributed by atoms with Gasteiger partial charge in [0.25, 0.3) is 11.8 Å². The van der Waals surface area contributed by atoms with Gasteiger partial charge in [0.2, 0.25) is 0 Å². The molecule has 0 saturated heterocycles. The number of hydrogen-bond acceptors (Lipinski definition) is 5. The Morgan fingerprint density at radius 2 is 1.61 bits per heavy atom. The lowest BCUT2D eigenvalue weighted by Gasteiger charge is -2.28. The van der Waals surface area contributed by atoms with Crippen LogP contribution in [0, 0.1) is 6.92 Å². The average molecular weight is 451 g/mol. The van der Waals surface area contributed by atoms with Gasteiger partial charge >= 0.3 is 5.97 Å². The van der Waals surface area contributed by atoms with Gasteiger partial charge in [-0.1, -0.05) is 54.1 Å². The Morgan fingerprint density at radius 3 is 2.18 bits per heavy atom. The van der Waals surface area contributed by atoms with Crippen LogP contribution >= 0.6 is 0 Å². The van der Waals surface area contributed by atoms with Crippen LogP contribution in [0.25, 0.3) is 11.1 Å². The first-order valence-corrected chi connectivity index (χ1v) is 10.9. The fourth-order valence-corrected chi connectivity index (χ4v) is 3.52. The first-order chi connectivity index (χ1) is 15.5. The summed E-state index contributed by atoms with van der Waals surface area (Å²) in [6.45, 7) is 7.42. The maximum absolute atomic E-state index is 12.9. The van der Waals surface area contributed by atoms with Gasteiger partial charge < -0.3 is 20.1 Å². The zero-order valence-corrected chi connectivity index (χ0v) is 19.5. The van der Waals surface area contributed by atoms with Crippen molar-refractivity contribution in [2.75, 3.05) is 13.1 Å². The molecule has 3 rings (SSSR count). The van der Waals surface area contributed by atoms with Gasteiger partial charge in [-0.05, 0) is 44.4 Å². The van der Waals surface area contributed by atoms with Gasteiger partial charge in [-0.25, -0.2) is 0 Å². The second-order valence-electron chi connectivity index (χ2n) is 9.13. The minimum absolute atomic E-state index is 0.169. The molecule has 0 aromatic heterocycles. The number of aliphatic hydroxyl groups is 1. The van der Waals surface area contributed by atoms with E-state index in [1.165, 1.54) is 10.5 Å². The van der Waals surface area contributed by atoms with Crippen LogP contribution in [0.2, 0.25) is 0 Å². The Kier molecular flexibility index (Phi) is 7.21. The molecule has 0 bridgehead atoms. The summed E-state index contributed by atoms with van der Waals surface area (Å²) in [6.07, 6.45) is 0.169. The van der Waals surface area contributed by atoms with Crippen LogP contribution in [0.5, 0.6) is 0 Å². The van der Waals surface area contributed by atoms with Crippen LogP contribution in [0.4, 0.5) is 0 Å². The van der Waals surface area contributed by atoms with Crippen molar-refractivity contribution in [1.29, 1.82) is 0 Å². The van der Waals surface area contributed by atoms with Crippen LogP contribution < -0.4 is 5.32 Å². The van der Waals surface area contributed by atoms with E-state index in [1.807, 2.05) is 31.2 Å². The van der Waals surface area contributed by atoms with Crippen molar-refractivity contribution >= 4 is 17.8 Å². The summed E-state index contributed by atoms with van der Waals surface area (Å²) < 4.78 is 5.15. The van der Waals surface area contributed by atoms with Gasteiger partial charge in [-0.2, -0.15) is 0 Å². The molecule has 7 nitrogen and oxygen atoms in total. The fraction of sp³-hybridized carbons (Fsp3) is 0.346. The molecule has 0 atom stereocenters. The van der Waals surface area contributed by atoms with Crippen molar-refractivity contribution in [1.82, 2.24) is 10.2 Å². The maximum Gasteiger partial charge on any atom is 0.325 e. The molecule has 0 fully saturated rings. The number of amides is 2. The molecule has 1 heterocycles. The normalized spacial score (nSPS) is 14.3. The Labute approximate surface area is 194 Å². The molecule has 0 spiro atoms. The van der Waals surface area contributed by atoms with E-state index in [-0.39, 0.29) is 24.3 Å². The zero-order valence-electron chi connectivity index (χ0n) is 19.5. The summed E-state index contributed by atoms with van der Waals surface area (Å²) in [6, 6.07) is 16.1. The number of aliphatic hydroxyl groups excluding tert-OH is 1. The quantitative estimate of drug-likeness (QED) is 0.517. The second kappa shape index (κ2) is 9.90. The average Bonchev–Trinajstić information content (AvgIpc) is 2.74. The number of benzene rings is 2. The smallest absolute Gasteiger partial charge is 0.325 e. The Bertz CT molecular complexity index is 1060. The van der Waals surface area contributed by atoms with E-state index in [0.29, 0.717) is 13.1 Å². The summed E-state index contributed by atoms with van der Waals surface area (Å²) in [5.74, 6) is -2.25. The summed E-state index contributed by atoms with van der Waals surface area (Å²) in [4.78, 5) is 38.8. The lowest BCUT2D eigenvalue weighted by Crippen LogP contribution is -2.43. The van der Waals surface area contributed by atoms with Gasteiger partial charge in [-0.15, -0.1) is 0 Å². The van der Waals surface area contributed by atoms with E-state index in [9.17, 15) is 19.5 Å². The van der Waals surface area contributed by atoms with Crippen molar-refractivity contribution in [3.8, 4) is 11.1 Å². The highest BCUT2D eigenvalue weighted by Gasteiger charge is 2.32. The van der Waals surface area contributed by atoms with Crippen LogP contribution in [0.1, 0.15) is 38.3 Å². The first-order valence-electron chi connectivity index (χ1n) is 10.9.